The number of amides is 2. The molecule has 24 heavy (non-hydrogen) atoms. The van der Waals surface area contributed by atoms with Crippen molar-refractivity contribution < 1.29 is 9.32 Å². The molecule has 3 rings (SSSR count). The molecule has 0 spiro atoms. The van der Waals surface area contributed by atoms with Gasteiger partial charge in [-0.3, -0.25) is 0 Å². The van der Waals surface area contributed by atoms with E-state index in [1.165, 1.54) is 4.90 Å². The van der Waals surface area contributed by atoms with Gasteiger partial charge in [0.2, 0.25) is 11.7 Å². The summed E-state index contributed by atoms with van der Waals surface area (Å²) in [6.07, 6.45) is 0. The first-order chi connectivity index (χ1) is 11.6. The molecule has 1 aromatic heterocycles. The number of hydrogen-bond acceptors (Lipinski definition) is 4. The number of anilines is 1. The first kappa shape index (κ1) is 16.0. The highest BCUT2D eigenvalue weighted by atomic mass is 35.5. The Morgan fingerprint density at radius 2 is 1.88 bits per heavy atom. The molecule has 0 bridgehead atoms. The Morgan fingerprint density at radius 1 is 1.17 bits per heavy atom. The third kappa shape index (κ3) is 3.91. The lowest BCUT2D eigenvalue weighted by Crippen LogP contribution is -2.30. The average molecular weight is 343 g/mol. The summed E-state index contributed by atoms with van der Waals surface area (Å²) in [4.78, 5) is 17.9. The SMILES string of the molecule is CN(Cc1nc(-c2ccc(Cl)cc2)no1)C(=O)Nc1ccccc1. The number of halogens is 1. The standard InChI is InChI=1S/C17H15ClN4O2/c1-22(17(23)19-14-5-3-2-4-6-14)11-15-20-16(21-24-15)12-7-9-13(18)10-8-12/h2-10H,11H2,1H3,(H,19,23). The molecule has 2 aromatic carbocycles. The number of urea groups is 1. The zero-order valence-corrected chi connectivity index (χ0v) is 13.7. The lowest BCUT2D eigenvalue weighted by atomic mass is 10.2. The van der Waals surface area contributed by atoms with Crippen molar-refractivity contribution in [3.05, 3.63) is 65.5 Å². The van der Waals surface area contributed by atoms with Crippen LogP contribution in [0.4, 0.5) is 10.5 Å². The van der Waals surface area contributed by atoms with Crippen LogP contribution >= 0.6 is 11.6 Å². The molecule has 122 valence electrons. The fraction of sp³-hybridized carbons (Fsp3) is 0.118. The fourth-order valence-corrected chi connectivity index (χ4v) is 2.18. The molecule has 0 aliphatic carbocycles. The molecule has 0 saturated carbocycles. The monoisotopic (exact) mass is 342 g/mol. The molecular weight excluding hydrogens is 328 g/mol. The van der Waals surface area contributed by atoms with Crippen molar-refractivity contribution in [2.45, 2.75) is 6.54 Å². The quantitative estimate of drug-likeness (QED) is 0.776. The van der Waals surface area contributed by atoms with E-state index >= 15 is 0 Å². The summed E-state index contributed by atoms with van der Waals surface area (Å²) in [6, 6.07) is 16.1. The summed E-state index contributed by atoms with van der Waals surface area (Å²) in [6.45, 7) is 0.208. The molecule has 0 unspecified atom stereocenters. The largest absolute Gasteiger partial charge is 0.337 e. The average Bonchev–Trinajstić information content (AvgIpc) is 3.05. The number of para-hydroxylation sites is 1. The van der Waals surface area contributed by atoms with E-state index in [0.29, 0.717) is 16.7 Å². The highest BCUT2D eigenvalue weighted by Crippen LogP contribution is 2.19. The zero-order valence-electron chi connectivity index (χ0n) is 12.9. The van der Waals surface area contributed by atoms with Crippen LogP contribution in [-0.2, 0) is 6.54 Å². The smallest absolute Gasteiger partial charge is 0.322 e. The molecule has 0 aliphatic heterocycles. The summed E-state index contributed by atoms with van der Waals surface area (Å²) < 4.78 is 5.20. The highest BCUT2D eigenvalue weighted by molar-refractivity contribution is 6.30. The zero-order chi connectivity index (χ0) is 16.9. The van der Waals surface area contributed by atoms with Gasteiger partial charge >= 0.3 is 6.03 Å². The third-order valence-electron chi connectivity index (χ3n) is 3.31. The van der Waals surface area contributed by atoms with Crippen LogP contribution in [0.2, 0.25) is 5.02 Å². The molecule has 0 radical (unpaired) electrons. The molecule has 0 fully saturated rings. The van der Waals surface area contributed by atoms with Gasteiger partial charge in [0.1, 0.15) is 6.54 Å². The number of benzene rings is 2. The number of rotatable bonds is 4. The second-order valence-electron chi connectivity index (χ2n) is 5.17. The number of carbonyl (C=O) groups excluding carboxylic acids is 1. The van der Waals surface area contributed by atoms with Gasteiger partial charge in [-0.05, 0) is 36.4 Å². The summed E-state index contributed by atoms with van der Waals surface area (Å²) >= 11 is 5.86. The second kappa shape index (κ2) is 7.14. The van der Waals surface area contributed by atoms with Crippen molar-refractivity contribution >= 4 is 23.3 Å². The van der Waals surface area contributed by atoms with Gasteiger partial charge in [0.05, 0.1) is 0 Å². The molecule has 7 heteroatoms. The van der Waals surface area contributed by atoms with E-state index in [4.69, 9.17) is 16.1 Å². The first-order valence-corrected chi connectivity index (χ1v) is 7.65. The van der Waals surface area contributed by atoms with Gasteiger partial charge < -0.3 is 14.7 Å². The maximum absolute atomic E-state index is 12.1. The molecule has 2 amide bonds. The van der Waals surface area contributed by atoms with Gasteiger partial charge in [0, 0.05) is 23.3 Å². The maximum Gasteiger partial charge on any atom is 0.322 e. The number of hydrogen-bond donors (Lipinski definition) is 1. The Hall–Kier alpha value is -2.86. The highest BCUT2D eigenvalue weighted by Gasteiger charge is 2.14. The van der Waals surface area contributed by atoms with Crippen LogP contribution in [-0.4, -0.2) is 28.1 Å². The maximum atomic E-state index is 12.1. The minimum absolute atomic E-state index is 0.208. The van der Waals surface area contributed by atoms with Crippen LogP contribution in [0.25, 0.3) is 11.4 Å². The molecule has 1 N–H and O–H groups in total. The molecule has 0 saturated heterocycles. The van der Waals surface area contributed by atoms with Crippen LogP contribution in [0.1, 0.15) is 5.89 Å². The van der Waals surface area contributed by atoms with Gasteiger partial charge in [-0.2, -0.15) is 4.98 Å². The molecular formula is C17H15ClN4O2. The van der Waals surface area contributed by atoms with E-state index in [2.05, 4.69) is 15.5 Å². The van der Waals surface area contributed by atoms with E-state index in [0.717, 1.165) is 11.3 Å². The molecule has 6 nitrogen and oxygen atoms in total. The topological polar surface area (TPSA) is 71.3 Å². The molecule has 0 aliphatic rings. The van der Waals surface area contributed by atoms with Crippen molar-refractivity contribution in [3.8, 4) is 11.4 Å². The van der Waals surface area contributed by atoms with E-state index in [-0.39, 0.29) is 12.6 Å². The summed E-state index contributed by atoms with van der Waals surface area (Å²) in [5, 5.41) is 7.35. The molecule has 3 aromatic rings. The van der Waals surface area contributed by atoms with Crippen molar-refractivity contribution in [1.29, 1.82) is 0 Å². The lowest BCUT2D eigenvalue weighted by molar-refractivity contribution is 0.213. The van der Waals surface area contributed by atoms with Gasteiger partial charge in [-0.25, -0.2) is 4.79 Å². The van der Waals surface area contributed by atoms with Gasteiger partial charge in [-0.15, -0.1) is 0 Å². The first-order valence-electron chi connectivity index (χ1n) is 7.27. The summed E-state index contributed by atoms with van der Waals surface area (Å²) in [7, 11) is 1.66. The number of aromatic nitrogens is 2. The normalized spacial score (nSPS) is 10.4. The Morgan fingerprint density at radius 3 is 2.58 bits per heavy atom. The van der Waals surface area contributed by atoms with Crippen LogP contribution in [0.3, 0.4) is 0 Å². The Balaban J connectivity index is 1.63. The van der Waals surface area contributed by atoms with E-state index in [1.54, 1.807) is 19.2 Å². The van der Waals surface area contributed by atoms with E-state index < -0.39 is 0 Å². The van der Waals surface area contributed by atoms with Gasteiger partial charge in [0.15, 0.2) is 0 Å². The summed E-state index contributed by atoms with van der Waals surface area (Å²) in [5.74, 6) is 0.809. The Bertz CT molecular complexity index is 818. The van der Waals surface area contributed by atoms with Crippen LogP contribution in [0.15, 0.2) is 59.1 Å². The van der Waals surface area contributed by atoms with E-state index in [1.807, 2.05) is 42.5 Å². The fourth-order valence-electron chi connectivity index (χ4n) is 2.05. The van der Waals surface area contributed by atoms with Crippen LogP contribution in [0.5, 0.6) is 0 Å². The number of nitrogens with one attached hydrogen (secondary N) is 1. The van der Waals surface area contributed by atoms with Gasteiger partial charge in [-0.1, -0.05) is 35.0 Å². The second-order valence-corrected chi connectivity index (χ2v) is 5.61. The van der Waals surface area contributed by atoms with Crippen molar-refractivity contribution in [1.82, 2.24) is 15.0 Å². The lowest BCUT2D eigenvalue weighted by Gasteiger charge is -2.15. The predicted octanol–water partition coefficient (Wildman–Crippen LogP) is 4.05. The predicted molar refractivity (Wildman–Crippen MR) is 91.7 cm³/mol. The summed E-state index contributed by atoms with van der Waals surface area (Å²) in [5.41, 5.74) is 1.52. The van der Waals surface area contributed by atoms with Crippen LogP contribution in [0, 0.1) is 0 Å². The Labute approximate surface area is 144 Å². The third-order valence-corrected chi connectivity index (χ3v) is 3.57. The Kier molecular flexibility index (Phi) is 4.77. The van der Waals surface area contributed by atoms with Crippen molar-refractivity contribution in [2.75, 3.05) is 12.4 Å². The van der Waals surface area contributed by atoms with E-state index in [9.17, 15) is 4.79 Å². The minimum Gasteiger partial charge on any atom is -0.337 e. The molecule has 0 atom stereocenters. The number of nitrogens with zero attached hydrogens (tertiary/aromatic N) is 3. The molecule has 1 heterocycles. The van der Waals surface area contributed by atoms with Crippen LogP contribution < -0.4 is 5.32 Å². The van der Waals surface area contributed by atoms with Gasteiger partial charge in [0.25, 0.3) is 0 Å². The van der Waals surface area contributed by atoms with Crippen molar-refractivity contribution in [3.63, 3.8) is 0 Å². The minimum atomic E-state index is -0.257. The van der Waals surface area contributed by atoms with Crippen molar-refractivity contribution in [2.24, 2.45) is 0 Å². The number of carbonyl (C=O) groups is 1.